The lowest BCUT2D eigenvalue weighted by Gasteiger charge is -2.09. The Bertz CT molecular complexity index is 313. The highest BCUT2D eigenvalue weighted by molar-refractivity contribution is 7.98. The topological polar surface area (TPSA) is 35.8 Å². The largest absolute Gasteiger partial charge is 0.298 e. The second-order valence-electron chi connectivity index (χ2n) is 2.89. The molecule has 0 bridgehead atoms. The number of nitriles is 1. The predicted molar refractivity (Wildman–Crippen MR) is 60.3 cm³/mol. The zero-order valence-electron chi connectivity index (χ0n) is 8.45. The summed E-state index contributed by atoms with van der Waals surface area (Å²) in [6.07, 6.45) is 2.04. The van der Waals surface area contributed by atoms with Crippen molar-refractivity contribution in [2.24, 2.45) is 0 Å². The molecule has 0 aliphatic rings. The van der Waals surface area contributed by atoms with Gasteiger partial charge in [-0.25, -0.2) is 0 Å². The van der Waals surface area contributed by atoms with Gasteiger partial charge in [-0.1, -0.05) is 19.1 Å². The van der Waals surface area contributed by atoms with Crippen LogP contribution in [0.1, 0.15) is 18.5 Å². The lowest BCUT2D eigenvalue weighted by molar-refractivity contribution is 0.658. The molecule has 0 aromatic heterocycles. The third-order valence-electron chi connectivity index (χ3n) is 1.99. The van der Waals surface area contributed by atoms with E-state index in [2.05, 4.69) is 11.4 Å². The zero-order chi connectivity index (χ0) is 10.4. The van der Waals surface area contributed by atoms with Crippen molar-refractivity contribution in [3.05, 3.63) is 29.8 Å². The summed E-state index contributed by atoms with van der Waals surface area (Å²) >= 11 is 1.71. The Morgan fingerprint density at radius 2 is 2.07 bits per heavy atom. The van der Waals surface area contributed by atoms with Crippen LogP contribution in [0.2, 0.25) is 0 Å². The van der Waals surface area contributed by atoms with Gasteiger partial charge in [0.1, 0.15) is 6.04 Å². The van der Waals surface area contributed by atoms with Crippen LogP contribution >= 0.6 is 11.8 Å². The highest BCUT2D eigenvalue weighted by Gasteiger charge is 2.07. The first-order valence-electron chi connectivity index (χ1n) is 4.58. The Balaban J connectivity index is 2.79. The minimum Gasteiger partial charge on any atom is -0.298 e. The van der Waals surface area contributed by atoms with Gasteiger partial charge in [-0.3, -0.25) is 5.32 Å². The molecule has 0 spiro atoms. The van der Waals surface area contributed by atoms with E-state index in [0.717, 1.165) is 12.1 Å². The molecule has 1 N–H and O–H groups in total. The van der Waals surface area contributed by atoms with Crippen molar-refractivity contribution in [2.75, 3.05) is 12.8 Å². The van der Waals surface area contributed by atoms with Crippen molar-refractivity contribution in [3.8, 4) is 6.07 Å². The number of thioether (sulfide) groups is 1. The minimum atomic E-state index is -0.184. The van der Waals surface area contributed by atoms with E-state index < -0.39 is 0 Å². The molecule has 0 amide bonds. The van der Waals surface area contributed by atoms with Crippen molar-refractivity contribution in [1.29, 1.82) is 5.26 Å². The van der Waals surface area contributed by atoms with Gasteiger partial charge >= 0.3 is 0 Å². The van der Waals surface area contributed by atoms with Crippen LogP contribution in [0.5, 0.6) is 0 Å². The number of nitrogens with zero attached hydrogens (tertiary/aromatic N) is 1. The number of benzene rings is 1. The lowest BCUT2D eigenvalue weighted by Crippen LogP contribution is -2.18. The maximum absolute atomic E-state index is 8.92. The monoisotopic (exact) mass is 206 g/mol. The first kappa shape index (κ1) is 11.1. The Morgan fingerprint density at radius 3 is 2.50 bits per heavy atom. The van der Waals surface area contributed by atoms with Crippen LogP contribution < -0.4 is 5.32 Å². The van der Waals surface area contributed by atoms with Crippen molar-refractivity contribution >= 4 is 11.8 Å². The van der Waals surface area contributed by atoms with Gasteiger partial charge in [-0.15, -0.1) is 11.8 Å². The summed E-state index contributed by atoms with van der Waals surface area (Å²) in [5, 5.41) is 12.0. The normalized spacial score (nSPS) is 12.1. The maximum atomic E-state index is 8.92. The molecule has 74 valence electrons. The van der Waals surface area contributed by atoms with Crippen LogP contribution in [-0.2, 0) is 0 Å². The van der Waals surface area contributed by atoms with Crippen LogP contribution in [0, 0.1) is 11.3 Å². The summed E-state index contributed by atoms with van der Waals surface area (Å²) in [6, 6.07) is 10.1. The van der Waals surface area contributed by atoms with Gasteiger partial charge in [-0.05, 0) is 30.5 Å². The first-order chi connectivity index (χ1) is 6.81. The SMILES string of the molecule is CCNC(C#N)c1ccc(SC)cc1. The Morgan fingerprint density at radius 1 is 1.43 bits per heavy atom. The highest BCUT2D eigenvalue weighted by Crippen LogP contribution is 2.18. The van der Waals surface area contributed by atoms with Gasteiger partial charge in [-0.2, -0.15) is 5.26 Å². The van der Waals surface area contributed by atoms with Crippen LogP contribution in [0.25, 0.3) is 0 Å². The molecule has 0 aliphatic carbocycles. The molecule has 0 fully saturated rings. The fourth-order valence-electron chi connectivity index (χ4n) is 1.24. The molecule has 1 rings (SSSR count). The molecule has 0 saturated carbocycles. The summed E-state index contributed by atoms with van der Waals surface area (Å²) in [5.74, 6) is 0. The summed E-state index contributed by atoms with van der Waals surface area (Å²) in [7, 11) is 0. The molecule has 1 aromatic carbocycles. The Hall–Kier alpha value is -0.980. The van der Waals surface area contributed by atoms with Gasteiger partial charge < -0.3 is 0 Å². The molecule has 0 aliphatic heterocycles. The second-order valence-corrected chi connectivity index (χ2v) is 3.77. The summed E-state index contributed by atoms with van der Waals surface area (Å²) in [5.41, 5.74) is 1.03. The molecule has 14 heavy (non-hydrogen) atoms. The molecular weight excluding hydrogens is 192 g/mol. The summed E-state index contributed by atoms with van der Waals surface area (Å²) in [6.45, 7) is 2.81. The van der Waals surface area contributed by atoms with E-state index in [1.54, 1.807) is 11.8 Å². The van der Waals surface area contributed by atoms with Gasteiger partial charge in [0, 0.05) is 4.90 Å². The average Bonchev–Trinajstić information content (AvgIpc) is 2.26. The number of nitrogens with one attached hydrogen (secondary N) is 1. The molecule has 3 heteroatoms. The van der Waals surface area contributed by atoms with Crippen LogP contribution in [0.3, 0.4) is 0 Å². The van der Waals surface area contributed by atoms with Crippen LogP contribution in [-0.4, -0.2) is 12.8 Å². The van der Waals surface area contributed by atoms with Gasteiger partial charge in [0.15, 0.2) is 0 Å². The van der Waals surface area contributed by atoms with E-state index >= 15 is 0 Å². The molecule has 2 nitrogen and oxygen atoms in total. The predicted octanol–water partition coefficient (Wildman–Crippen LogP) is 2.58. The Kier molecular flexibility index (Phi) is 4.51. The lowest BCUT2D eigenvalue weighted by atomic mass is 10.1. The Labute approximate surface area is 89.3 Å². The first-order valence-corrected chi connectivity index (χ1v) is 5.81. The molecule has 1 atom stereocenters. The standard InChI is InChI=1S/C11H14N2S/c1-3-13-11(8-12)9-4-6-10(14-2)7-5-9/h4-7,11,13H,3H2,1-2H3. The van der Waals surface area contributed by atoms with E-state index in [1.807, 2.05) is 37.4 Å². The highest BCUT2D eigenvalue weighted by atomic mass is 32.2. The minimum absolute atomic E-state index is 0.184. The van der Waals surface area contributed by atoms with E-state index in [9.17, 15) is 0 Å². The van der Waals surface area contributed by atoms with Gasteiger partial charge in [0.2, 0.25) is 0 Å². The molecule has 1 aromatic rings. The van der Waals surface area contributed by atoms with Crippen molar-refractivity contribution in [2.45, 2.75) is 17.9 Å². The zero-order valence-corrected chi connectivity index (χ0v) is 9.27. The second kappa shape index (κ2) is 5.69. The van der Waals surface area contributed by atoms with Crippen molar-refractivity contribution < 1.29 is 0 Å². The smallest absolute Gasteiger partial charge is 0.121 e. The van der Waals surface area contributed by atoms with E-state index in [1.165, 1.54) is 4.90 Å². The molecular formula is C11H14N2S. The summed E-state index contributed by atoms with van der Waals surface area (Å²) in [4.78, 5) is 1.22. The van der Waals surface area contributed by atoms with E-state index in [4.69, 9.17) is 5.26 Å². The third-order valence-corrected chi connectivity index (χ3v) is 2.73. The van der Waals surface area contributed by atoms with E-state index in [0.29, 0.717) is 0 Å². The molecule has 1 unspecified atom stereocenters. The van der Waals surface area contributed by atoms with Crippen molar-refractivity contribution in [3.63, 3.8) is 0 Å². The van der Waals surface area contributed by atoms with Crippen LogP contribution in [0.15, 0.2) is 29.2 Å². The fourth-order valence-corrected chi connectivity index (χ4v) is 1.65. The molecule has 0 heterocycles. The fraction of sp³-hybridized carbons (Fsp3) is 0.364. The number of rotatable bonds is 4. The third kappa shape index (κ3) is 2.76. The van der Waals surface area contributed by atoms with E-state index in [-0.39, 0.29) is 6.04 Å². The summed E-state index contributed by atoms with van der Waals surface area (Å²) < 4.78 is 0. The number of hydrogen-bond acceptors (Lipinski definition) is 3. The van der Waals surface area contributed by atoms with Gasteiger partial charge in [0.25, 0.3) is 0 Å². The van der Waals surface area contributed by atoms with Gasteiger partial charge in [0.05, 0.1) is 6.07 Å². The molecule has 0 radical (unpaired) electrons. The van der Waals surface area contributed by atoms with Crippen LogP contribution in [0.4, 0.5) is 0 Å². The maximum Gasteiger partial charge on any atom is 0.121 e. The van der Waals surface area contributed by atoms with Crippen molar-refractivity contribution in [1.82, 2.24) is 5.32 Å². The average molecular weight is 206 g/mol. The quantitative estimate of drug-likeness (QED) is 0.769. The molecule has 0 saturated heterocycles. The number of hydrogen-bond donors (Lipinski definition) is 1.